The Morgan fingerprint density at radius 3 is 2.79 bits per heavy atom. The highest BCUT2D eigenvalue weighted by Crippen LogP contribution is 2.26. The van der Waals surface area contributed by atoms with Crippen molar-refractivity contribution in [3.8, 4) is 11.4 Å². The largest absolute Gasteiger partial charge is 0.390 e. The van der Waals surface area contributed by atoms with Crippen molar-refractivity contribution >= 4 is 23.4 Å². The van der Waals surface area contributed by atoms with E-state index in [1.807, 2.05) is 35.8 Å². The molecule has 0 aliphatic carbocycles. The minimum Gasteiger partial charge on any atom is -0.390 e. The summed E-state index contributed by atoms with van der Waals surface area (Å²) in [7, 11) is 0. The molecule has 1 aromatic heterocycles. The van der Waals surface area contributed by atoms with Gasteiger partial charge in [0.25, 0.3) is 0 Å². The molecule has 1 unspecified atom stereocenters. The van der Waals surface area contributed by atoms with Crippen molar-refractivity contribution in [3.63, 3.8) is 0 Å². The van der Waals surface area contributed by atoms with Gasteiger partial charge < -0.3 is 14.4 Å². The molecule has 1 N–H and O–H groups in total. The van der Waals surface area contributed by atoms with E-state index in [0.717, 1.165) is 11.4 Å². The number of benzene rings is 2. The van der Waals surface area contributed by atoms with Crippen LogP contribution in [0.2, 0.25) is 5.02 Å². The van der Waals surface area contributed by atoms with Gasteiger partial charge in [0.15, 0.2) is 11.0 Å². The smallest absolute Gasteiger partial charge is 0.191 e. The molecule has 0 bridgehead atoms. The summed E-state index contributed by atoms with van der Waals surface area (Å²) in [5, 5.41) is 20.0. The van der Waals surface area contributed by atoms with Gasteiger partial charge in [0, 0.05) is 28.4 Å². The molecule has 0 aliphatic heterocycles. The third-order valence-electron chi connectivity index (χ3n) is 4.05. The van der Waals surface area contributed by atoms with Crippen LogP contribution in [0.15, 0.2) is 53.7 Å². The fraction of sp³-hybridized carbons (Fsp3) is 0.300. The van der Waals surface area contributed by atoms with Crippen molar-refractivity contribution in [2.24, 2.45) is 0 Å². The number of nitrogens with zero attached hydrogens (tertiary/aromatic N) is 3. The molecule has 0 spiro atoms. The zero-order valence-electron chi connectivity index (χ0n) is 15.4. The minimum atomic E-state index is -0.701. The average molecular weight is 422 g/mol. The van der Waals surface area contributed by atoms with Gasteiger partial charge in [-0.05, 0) is 25.1 Å². The van der Waals surface area contributed by atoms with Gasteiger partial charge in [0.1, 0.15) is 5.82 Å². The van der Waals surface area contributed by atoms with E-state index in [2.05, 4.69) is 10.2 Å². The first kappa shape index (κ1) is 20.8. The van der Waals surface area contributed by atoms with Crippen molar-refractivity contribution in [3.05, 3.63) is 64.9 Å². The minimum absolute atomic E-state index is 0.114. The Hall–Kier alpha value is -1.93. The van der Waals surface area contributed by atoms with E-state index in [-0.39, 0.29) is 19.0 Å². The van der Waals surface area contributed by atoms with Crippen molar-refractivity contribution in [1.29, 1.82) is 0 Å². The van der Waals surface area contributed by atoms with Gasteiger partial charge in [-0.15, -0.1) is 10.2 Å². The van der Waals surface area contributed by atoms with Crippen LogP contribution in [-0.4, -0.2) is 38.3 Å². The summed E-state index contributed by atoms with van der Waals surface area (Å²) in [6.07, 6.45) is -0.701. The third-order valence-corrected chi connectivity index (χ3v) is 5.39. The van der Waals surface area contributed by atoms with Crippen molar-refractivity contribution in [2.45, 2.75) is 31.3 Å². The van der Waals surface area contributed by atoms with Gasteiger partial charge in [-0.3, -0.25) is 0 Å². The van der Waals surface area contributed by atoms with Crippen LogP contribution < -0.4 is 0 Å². The maximum atomic E-state index is 13.6. The second-order valence-corrected chi connectivity index (χ2v) is 7.56. The molecule has 2 aromatic carbocycles. The van der Waals surface area contributed by atoms with Gasteiger partial charge in [0.05, 0.1) is 19.3 Å². The molecular formula is C20H21ClFN3O2S. The quantitative estimate of drug-likeness (QED) is 0.518. The molecule has 1 atom stereocenters. The fourth-order valence-corrected chi connectivity index (χ4v) is 3.76. The van der Waals surface area contributed by atoms with E-state index in [4.69, 9.17) is 16.3 Å². The highest BCUT2D eigenvalue weighted by atomic mass is 35.5. The molecule has 0 amide bonds. The van der Waals surface area contributed by atoms with Crippen molar-refractivity contribution < 1.29 is 14.2 Å². The predicted octanol–water partition coefficient (Wildman–Crippen LogP) is 4.43. The normalized spacial score (nSPS) is 12.3. The number of halogens is 2. The number of hydrogen-bond acceptors (Lipinski definition) is 5. The van der Waals surface area contributed by atoms with E-state index in [9.17, 15) is 9.50 Å². The van der Waals surface area contributed by atoms with Gasteiger partial charge in [0.2, 0.25) is 0 Å². The van der Waals surface area contributed by atoms with Gasteiger partial charge >= 0.3 is 0 Å². The Bertz CT molecular complexity index is 922. The molecule has 3 aromatic rings. The van der Waals surface area contributed by atoms with Crippen LogP contribution in [0.4, 0.5) is 4.39 Å². The van der Waals surface area contributed by atoms with Crippen LogP contribution in [0.5, 0.6) is 0 Å². The summed E-state index contributed by atoms with van der Waals surface area (Å²) < 4.78 is 21.0. The summed E-state index contributed by atoms with van der Waals surface area (Å²) in [5.41, 5.74) is 1.36. The SMILES string of the molecule is CCn1c(SCC(O)COCc2ccccc2F)nnc1-c1cccc(Cl)c1. The number of aromatic nitrogens is 3. The number of thioether (sulfide) groups is 1. The standard InChI is InChI=1S/C20H21ClFN3O2S/c1-2-25-19(14-7-5-8-16(21)10-14)23-24-20(25)28-13-17(26)12-27-11-15-6-3-4-9-18(15)22/h3-10,17,26H,2,11-13H2,1H3. The Morgan fingerprint density at radius 1 is 1.21 bits per heavy atom. The molecule has 0 saturated carbocycles. The third kappa shape index (κ3) is 5.32. The lowest BCUT2D eigenvalue weighted by molar-refractivity contribution is 0.0386. The second kappa shape index (κ2) is 10.0. The number of aliphatic hydroxyl groups excluding tert-OH is 1. The molecule has 5 nitrogen and oxygen atoms in total. The van der Waals surface area contributed by atoms with Crippen LogP contribution in [-0.2, 0) is 17.9 Å². The van der Waals surface area contributed by atoms with Gasteiger partial charge in [-0.25, -0.2) is 4.39 Å². The van der Waals surface area contributed by atoms with E-state index in [0.29, 0.717) is 28.0 Å². The summed E-state index contributed by atoms with van der Waals surface area (Å²) in [5.74, 6) is 0.819. The molecule has 0 saturated heterocycles. The van der Waals surface area contributed by atoms with E-state index >= 15 is 0 Å². The molecule has 8 heteroatoms. The molecule has 0 radical (unpaired) electrons. The van der Waals surface area contributed by atoms with Crippen LogP contribution in [0, 0.1) is 5.82 Å². The number of aliphatic hydroxyl groups is 1. The summed E-state index contributed by atoms with van der Waals surface area (Å²) in [6, 6.07) is 13.9. The number of hydrogen-bond donors (Lipinski definition) is 1. The zero-order valence-corrected chi connectivity index (χ0v) is 17.0. The van der Waals surface area contributed by atoms with Crippen LogP contribution >= 0.6 is 23.4 Å². The molecule has 3 rings (SSSR count). The summed E-state index contributed by atoms with van der Waals surface area (Å²) in [6.45, 7) is 2.94. The Labute approximate surface area is 172 Å². The lowest BCUT2D eigenvalue weighted by Gasteiger charge is -2.12. The van der Waals surface area contributed by atoms with E-state index in [1.165, 1.54) is 17.8 Å². The highest BCUT2D eigenvalue weighted by molar-refractivity contribution is 7.99. The van der Waals surface area contributed by atoms with Crippen LogP contribution in [0.3, 0.4) is 0 Å². The first-order valence-electron chi connectivity index (χ1n) is 8.89. The van der Waals surface area contributed by atoms with Crippen LogP contribution in [0.1, 0.15) is 12.5 Å². The van der Waals surface area contributed by atoms with Crippen molar-refractivity contribution in [1.82, 2.24) is 14.8 Å². The van der Waals surface area contributed by atoms with Crippen LogP contribution in [0.25, 0.3) is 11.4 Å². The molecule has 0 aliphatic rings. The molecule has 1 heterocycles. The van der Waals surface area contributed by atoms with E-state index < -0.39 is 6.10 Å². The fourth-order valence-electron chi connectivity index (χ4n) is 2.66. The lowest BCUT2D eigenvalue weighted by Crippen LogP contribution is -2.18. The average Bonchev–Trinajstić information content (AvgIpc) is 3.11. The monoisotopic (exact) mass is 421 g/mol. The Morgan fingerprint density at radius 2 is 2.04 bits per heavy atom. The predicted molar refractivity (Wildman–Crippen MR) is 109 cm³/mol. The van der Waals surface area contributed by atoms with E-state index in [1.54, 1.807) is 18.2 Å². The summed E-state index contributed by atoms with van der Waals surface area (Å²) >= 11 is 7.47. The molecule has 148 valence electrons. The number of rotatable bonds is 9. The Kier molecular flexibility index (Phi) is 7.44. The first-order chi connectivity index (χ1) is 13.6. The molecular weight excluding hydrogens is 401 g/mol. The van der Waals surface area contributed by atoms with Gasteiger partial charge in [-0.2, -0.15) is 0 Å². The second-order valence-electron chi connectivity index (χ2n) is 6.13. The maximum absolute atomic E-state index is 13.6. The molecule has 0 fully saturated rings. The topological polar surface area (TPSA) is 60.2 Å². The first-order valence-corrected chi connectivity index (χ1v) is 10.3. The summed E-state index contributed by atoms with van der Waals surface area (Å²) in [4.78, 5) is 0. The lowest BCUT2D eigenvalue weighted by atomic mass is 10.2. The maximum Gasteiger partial charge on any atom is 0.191 e. The van der Waals surface area contributed by atoms with Gasteiger partial charge in [-0.1, -0.05) is 53.7 Å². The Balaban J connectivity index is 1.55. The zero-order chi connectivity index (χ0) is 19.9. The molecule has 28 heavy (non-hydrogen) atoms. The number of ether oxygens (including phenoxy) is 1. The highest BCUT2D eigenvalue weighted by Gasteiger charge is 2.15. The van der Waals surface area contributed by atoms with Crippen molar-refractivity contribution in [2.75, 3.05) is 12.4 Å².